The zero-order valence-electron chi connectivity index (χ0n) is 18.9. The van der Waals surface area contributed by atoms with E-state index < -0.39 is 0 Å². The summed E-state index contributed by atoms with van der Waals surface area (Å²) in [6, 6.07) is 8.17. The molecule has 0 unspecified atom stereocenters. The summed E-state index contributed by atoms with van der Waals surface area (Å²) < 4.78 is 11.2. The quantitative estimate of drug-likeness (QED) is 0.608. The highest BCUT2D eigenvalue weighted by molar-refractivity contribution is 5.84. The molecule has 7 nitrogen and oxygen atoms in total. The molecule has 2 aliphatic rings. The van der Waals surface area contributed by atoms with Crippen LogP contribution < -0.4 is 20.6 Å². The summed E-state index contributed by atoms with van der Waals surface area (Å²) in [7, 11) is 1.62. The standard InChI is InChI=1S/C25H30N4O3/c1-4-16-10-19(31-3)11-21-22(16)25(30)32-24(28-21)20-6-5-9-26-23(20)29-13-15(2)17(14-29)12-27-18-7-8-18/h5-6,9-11,15,17-18,27H,4,7-8,12-14H2,1-3H3/t15-,17-/m1/s1. The summed E-state index contributed by atoms with van der Waals surface area (Å²) >= 11 is 0. The van der Waals surface area contributed by atoms with Crippen LogP contribution in [-0.2, 0) is 6.42 Å². The molecule has 1 saturated carbocycles. The van der Waals surface area contributed by atoms with Gasteiger partial charge in [0.25, 0.3) is 0 Å². The molecule has 5 rings (SSSR count). The summed E-state index contributed by atoms with van der Waals surface area (Å²) in [6.07, 6.45) is 5.08. The molecular formula is C25H30N4O3. The van der Waals surface area contributed by atoms with Crippen LogP contribution in [0.4, 0.5) is 5.82 Å². The van der Waals surface area contributed by atoms with Gasteiger partial charge in [0.05, 0.1) is 23.6 Å². The predicted molar refractivity (Wildman–Crippen MR) is 125 cm³/mol. The lowest BCUT2D eigenvalue weighted by Crippen LogP contribution is -2.29. The first-order valence-corrected chi connectivity index (χ1v) is 11.5. The first kappa shape index (κ1) is 20.9. The highest BCUT2D eigenvalue weighted by Crippen LogP contribution is 2.34. The Morgan fingerprint density at radius 2 is 2.12 bits per heavy atom. The van der Waals surface area contributed by atoms with Gasteiger partial charge in [-0.3, -0.25) is 0 Å². The van der Waals surface area contributed by atoms with E-state index in [2.05, 4.69) is 22.1 Å². The minimum atomic E-state index is -0.374. The number of rotatable bonds is 7. The van der Waals surface area contributed by atoms with Crippen LogP contribution in [0.15, 0.2) is 39.7 Å². The number of pyridine rings is 1. The van der Waals surface area contributed by atoms with Crippen LogP contribution in [0.2, 0.25) is 0 Å². The lowest BCUT2D eigenvalue weighted by atomic mass is 9.98. The molecule has 1 aliphatic carbocycles. The van der Waals surface area contributed by atoms with E-state index in [1.807, 2.05) is 25.1 Å². The third-order valence-corrected chi connectivity index (χ3v) is 6.74. The van der Waals surface area contributed by atoms with Gasteiger partial charge in [-0.05, 0) is 54.9 Å². The summed E-state index contributed by atoms with van der Waals surface area (Å²) in [6.45, 7) is 7.19. The number of aromatic nitrogens is 2. The molecule has 3 aromatic rings. The Morgan fingerprint density at radius 1 is 1.28 bits per heavy atom. The van der Waals surface area contributed by atoms with E-state index in [1.54, 1.807) is 19.4 Å². The molecule has 1 N–H and O–H groups in total. The second-order valence-corrected chi connectivity index (χ2v) is 9.04. The van der Waals surface area contributed by atoms with Crippen LogP contribution in [0, 0.1) is 11.8 Å². The summed E-state index contributed by atoms with van der Waals surface area (Å²) in [5, 5.41) is 4.18. The topological polar surface area (TPSA) is 80.5 Å². The van der Waals surface area contributed by atoms with Crippen LogP contribution in [0.5, 0.6) is 5.75 Å². The fourth-order valence-electron chi connectivity index (χ4n) is 4.66. The number of hydrogen-bond donors (Lipinski definition) is 1. The fraction of sp³-hybridized carbons (Fsp3) is 0.480. The maximum absolute atomic E-state index is 13.0. The Hall–Kier alpha value is -2.93. The first-order valence-electron chi connectivity index (χ1n) is 11.5. The normalized spacial score (nSPS) is 20.8. The van der Waals surface area contributed by atoms with Crippen LogP contribution in [0.1, 0.15) is 32.3 Å². The molecule has 1 aliphatic heterocycles. The van der Waals surface area contributed by atoms with Crippen molar-refractivity contribution in [3.63, 3.8) is 0 Å². The fourth-order valence-corrected chi connectivity index (χ4v) is 4.66. The van der Waals surface area contributed by atoms with Crippen molar-refractivity contribution in [2.24, 2.45) is 11.8 Å². The number of methoxy groups -OCH3 is 1. The molecule has 1 saturated heterocycles. The highest BCUT2D eigenvalue weighted by Gasteiger charge is 2.33. The zero-order chi connectivity index (χ0) is 22.2. The van der Waals surface area contributed by atoms with Crippen molar-refractivity contribution in [2.75, 3.05) is 31.6 Å². The second-order valence-electron chi connectivity index (χ2n) is 9.04. The number of benzene rings is 1. The van der Waals surface area contributed by atoms with Crippen molar-refractivity contribution in [2.45, 2.75) is 39.2 Å². The molecule has 0 amide bonds. The average molecular weight is 435 g/mol. The highest BCUT2D eigenvalue weighted by atomic mass is 16.5. The molecule has 2 atom stereocenters. The van der Waals surface area contributed by atoms with E-state index >= 15 is 0 Å². The molecule has 0 radical (unpaired) electrons. The van der Waals surface area contributed by atoms with Gasteiger partial charge < -0.3 is 19.4 Å². The van der Waals surface area contributed by atoms with Gasteiger partial charge in [-0.25, -0.2) is 14.8 Å². The lowest BCUT2D eigenvalue weighted by Gasteiger charge is -2.20. The molecule has 32 heavy (non-hydrogen) atoms. The molecule has 7 heteroatoms. The van der Waals surface area contributed by atoms with Gasteiger partial charge in [0.1, 0.15) is 11.6 Å². The Kier molecular flexibility index (Phi) is 5.59. The largest absolute Gasteiger partial charge is 0.497 e. The van der Waals surface area contributed by atoms with E-state index in [0.29, 0.717) is 46.8 Å². The SMILES string of the molecule is CCc1cc(OC)cc2nc(-c3cccnc3N3C[C@@H](CNC4CC4)[C@H](C)C3)oc(=O)c12. The predicted octanol–water partition coefficient (Wildman–Crippen LogP) is 3.65. The minimum Gasteiger partial charge on any atom is -0.497 e. The van der Waals surface area contributed by atoms with Crippen LogP contribution in [0.25, 0.3) is 22.4 Å². The Morgan fingerprint density at radius 3 is 2.88 bits per heavy atom. The molecular weight excluding hydrogens is 404 g/mol. The van der Waals surface area contributed by atoms with Gasteiger partial charge in [0.2, 0.25) is 5.89 Å². The van der Waals surface area contributed by atoms with Crippen molar-refractivity contribution in [3.05, 3.63) is 46.4 Å². The Labute approximate surface area is 187 Å². The Balaban J connectivity index is 1.51. The van der Waals surface area contributed by atoms with Gasteiger partial charge in [-0.2, -0.15) is 0 Å². The molecule has 0 spiro atoms. The lowest BCUT2D eigenvalue weighted by molar-refractivity contribution is 0.414. The maximum Gasteiger partial charge on any atom is 0.347 e. The number of fused-ring (bicyclic) bond motifs is 1. The van der Waals surface area contributed by atoms with Crippen molar-refractivity contribution in [1.82, 2.24) is 15.3 Å². The third-order valence-electron chi connectivity index (χ3n) is 6.74. The van der Waals surface area contributed by atoms with Crippen molar-refractivity contribution in [1.29, 1.82) is 0 Å². The van der Waals surface area contributed by atoms with Crippen molar-refractivity contribution < 1.29 is 9.15 Å². The Bertz CT molecular complexity index is 1190. The molecule has 0 bridgehead atoms. The monoisotopic (exact) mass is 434 g/mol. The first-order chi connectivity index (χ1) is 15.6. The molecule has 1 aromatic carbocycles. The summed E-state index contributed by atoms with van der Waals surface area (Å²) in [5.41, 5.74) is 1.83. The maximum atomic E-state index is 13.0. The molecule has 3 heterocycles. The average Bonchev–Trinajstić information content (AvgIpc) is 3.57. The zero-order valence-corrected chi connectivity index (χ0v) is 18.9. The van der Waals surface area contributed by atoms with E-state index in [9.17, 15) is 4.79 Å². The van der Waals surface area contributed by atoms with Gasteiger partial charge in [0, 0.05) is 37.9 Å². The molecule has 2 fully saturated rings. The van der Waals surface area contributed by atoms with Crippen molar-refractivity contribution >= 4 is 16.7 Å². The summed E-state index contributed by atoms with van der Waals surface area (Å²) in [5.74, 6) is 2.93. The van der Waals surface area contributed by atoms with Gasteiger partial charge in [0.15, 0.2) is 0 Å². The number of nitrogens with one attached hydrogen (secondary N) is 1. The number of anilines is 1. The smallest absolute Gasteiger partial charge is 0.347 e. The van der Waals surface area contributed by atoms with Crippen molar-refractivity contribution in [3.8, 4) is 17.2 Å². The second kappa shape index (κ2) is 8.54. The molecule has 168 valence electrons. The minimum absolute atomic E-state index is 0.299. The van der Waals surface area contributed by atoms with E-state index in [-0.39, 0.29) is 5.63 Å². The van der Waals surface area contributed by atoms with Crippen LogP contribution in [-0.4, -0.2) is 42.8 Å². The van der Waals surface area contributed by atoms with Gasteiger partial charge in [-0.15, -0.1) is 0 Å². The molecule has 2 aromatic heterocycles. The third kappa shape index (κ3) is 3.97. The van der Waals surface area contributed by atoms with Crippen LogP contribution >= 0.6 is 0 Å². The summed E-state index contributed by atoms with van der Waals surface area (Å²) in [4.78, 5) is 24.7. The van der Waals surface area contributed by atoms with Crippen LogP contribution in [0.3, 0.4) is 0 Å². The van der Waals surface area contributed by atoms with Gasteiger partial charge in [-0.1, -0.05) is 13.8 Å². The van der Waals surface area contributed by atoms with E-state index in [0.717, 1.165) is 36.6 Å². The number of aryl methyl sites for hydroxylation is 1. The van der Waals surface area contributed by atoms with Gasteiger partial charge >= 0.3 is 5.63 Å². The van der Waals surface area contributed by atoms with E-state index in [1.165, 1.54) is 12.8 Å². The number of nitrogens with zero attached hydrogens (tertiary/aromatic N) is 3. The number of hydrogen-bond acceptors (Lipinski definition) is 7. The van der Waals surface area contributed by atoms with E-state index in [4.69, 9.17) is 14.1 Å². The number of ether oxygens (including phenoxy) is 1.